The van der Waals surface area contributed by atoms with E-state index in [-0.39, 0.29) is 0 Å². The Balaban J connectivity index is 3.11. The van der Waals surface area contributed by atoms with E-state index in [1.807, 2.05) is 0 Å². The van der Waals surface area contributed by atoms with E-state index in [1.165, 1.54) is 26.4 Å². The molecule has 0 saturated heterocycles. The molecule has 0 aliphatic heterocycles. The summed E-state index contributed by atoms with van der Waals surface area (Å²) in [6, 6.07) is 2.99. The van der Waals surface area contributed by atoms with Gasteiger partial charge in [0.25, 0.3) is 0 Å². The predicted octanol–water partition coefficient (Wildman–Crippen LogP) is 0.520. The largest absolute Gasteiger partial charge is 0.496 e. The van der Waals surface area contributed by atoms with Crippen molar-refractivity contribution in [2.75, 3.05) is 27.8 Å². The quantitative estimate of drug-likeness (QED) is 0.603. The molecule has 1 aromatic carbocycles. The molecule has 0 saturated carbocycles. The van der Waals surface area contributed by atoms with Gasteiger partial charge in [-0.25, -0.2) is 0 Å². The van der Waals surface area contributed by atoms with Crippen molar-refractivity contribution in [2.45, 2.75) is 18.6 Å². The summed E-state index contributed by atoms with van der Waals surface area (Å²) in [5, 5.41) is 23.1. The number of nitrogens with one attached hydrogen (secondary N) is 1. The van der Waals surface area contributed by atoms with Gasteiger partial charge in [-0.3, -0.25) is 4.79 Å². The van der Waals surface area contributed by atoms with E-state index in [9.17, 15) is 15.0 Å². The molecule has 2 atom stereocenters. The molecular weight excluding hydrogens is 262 g/mol. The van der Waals surface area contributed by atoms with Gasteiger partial charge in [0.05, 0.1) is 25.9 Å². The second-order valence-electron chi connectivity index (χ2n) is 4.36. The van der Waals surface area contributed by atoms with Gasteiger partial charge in [-0.1, -0.05) is 0 Å². The van der Waals surface area contributed by atoms with Crippen molar-refractivity contribution in [3.63, 3.8) is 0 Å². The summed E-state index contributed by atoms with van der Waals surface area (Å²) >= 11 is 0. The van der Waals surface area contributed by atoms with E-state index < -0.39 is 12.2 Å². The standard InChI is InChI=1S/C14H21NO5/c1-15-5-4-11(17)14(18)10-7-12(19-2)9(8-16)6-13(10)20-3/h6-8,11,14-15,17-18H,4-5H2,1-3H3. The van der Waals surface area contributed by atoms with Crippen LogP contribution in [0.5, 0.6) is 11.5 Å². The lowest BCUT2D eigenvalue weighted by atomic mass is 9.99. The zero-order valence-corrected chi connectivity index (χ0v) is 11.9. The molecule has 1 rings (SSSR count). The number of benzene rings is 1. The normalized spacial score (nSPS) is 13.7. The van der Waals surface area contributed by atoms with Gasteiger partial charge < -0.3 is 25.0 Å². The maximum atomic E-state index is 11.0. The van der Waals surface area contributed by atoms with Crippen molar-refractivity contribution in [3.05, 3.63) is 23.3 Å². The van der Waals surface area contributed by atoms with Crippen molar-refractivity contribution in [2.24, 2.45) is 0 Å². The highest BCUT2D eigenvalue weighted by molar-refractivity contribution is 5.80. The molecule has 6 heteroatoms. The summed E-state index contributed by atoms with van der Waals surface area (Å²) in [6.07, 6.45) is -1.02. The van der Waals surface area contributed by atoms with Crippen LogP contribution in [0.3, 0.4) is 0 Å². The minimum absolute atomic E-state index is 0.324. The lowest BCUT2D eigenvalue weighted by Gasteiger charge is -2.21. The van der Waals surface area contributed by atoms with Crippen molar-refractivity contribution in [1.29, 1.82) is 0 Å². The number of rotatable bonds is 8. The van der Waals surface area contributed by atoms with Gasteiger partial charge in [0.2, 0.25) is 0 Å². The predicted molar refractivity (Wildman–Crippen MR) is 74.4 cm³/mol. The average molecular weight is 283 g/mol. The second kappa shape index (κ2) is 7.84. The molecule has 0 spiro atoms. The monoisotopic (exact) mass is 283 g/mol. The Morgan fingerprint density at radius 2 is 1.90 bits per heavy atom. The number of aliphatic hydroxyl groups excluding tert-OH is 2. The van der Waals surface area contributed by atoms with Crippen LogP contribution in [0.15, 0.2) is 12.1 Å². The Morgan fingerprint density at radius 1 is 1.25 bits per heavy atom. The van der Waals surface area contributed by atoms with Crippen molar-refractivity contribution < 1.29 is 24.5 Å². The molecule has 0 amide bonds. The van der Waals surface area contributed by atoms with E-state index in [1.54, 1.807) is 7.05 Å². The highest BCUT2D eigenvalue weighted by Gasteiger charge is 2.23. The van der Waals surface area contributed by atoms with Gasteiger partial charge in [0, 0.05) is 5.56 Å². The molecule has 3 N–H and O–H groups in total. The maximum Gasteiger partial charge on any atom is 0.153 e. The molecule has 0 aromatic heterocycles. The van der Waals surface area contributed by atoms with Crippen LogP contribution in [0.4, 0.5) is 0 Å². The van der Waals surface area contributed by atoms with Gasteiger partial charge in [0.1, 0.15) is 17.6 Å². The molecule has 0 aliphatic rings. The highest BCUT2D eigenvalue weighted by Crippen LogP contribution is 2.34. The highest BCUT2D eigenvalue weighted by atomic mass is 16.5. The molecular formula is C14H21NO5. The third-order valence-electron chi connectivity index (χ3n) is 3.08. The molecule has 112 valence electrons. The summed E-state index contributed by atoms with van der Waals surface area (Å²) in [5.41, 5.74) is 0.712. The lowest BCUT2D eigenvalue weighted by Crippen LogP contribution is -2.23. The van der Waals surface area contributed by atoms with Crippen LogP contribution in [0.25, 0.3) is 0 Å². The Bertz CT molecular complexity index is 449. The number of aldehydes is 1. The topological polar surface area (TPSA) is 88.0 Å². The molecule has 2 unspecified atom stereocenters. The Hall–Kier alpha value is -1.63. The Kier molecular flexibility index (Phi) is 6.44. The third kappa shape index (κ3) is 3.69. The minimum atomic E-state index is -1.12. The van der Waals surface area contributed by atoms with Gasteiger partial charge in [-0.2, -0.15) is 0 Å². The SMILES string of the molecule is CNCCC(O)C(O)c1cc(OC)c(C=O)cc1OC. The van der Waals surface area contributed by atoms with E-state index in [2.05, 4.69) is 5.32 Å². The van der Waals surface area contributed by atoms with Crippen LogP contribution in [-0.4, -0.2) is 50.4 Å². The molecule has 1 aromatic rings. The fourth-order valence-electron chi connectivity index (χ4n) is 1.93. The van der Waals surface area contributed by atoms with E-state index in [4.69, 9.17) is 9.47 Å². The fraction of sp³-hybridized carbons (Fsp3) is 0.500. The maximum absolute atomic E-state index is 11.0. The molecule has 0 bridgehead atoms. The van der Waals surface area contributed by atoms with Crippen LogP contribution < -0.4 is 14.8 Å². The summed E-state index contributed by atoms with van der Waals surface area (Å²) in [6.45, 7) is 0.574. The van der Waals surface area contributed by atoms with Gasteiger partial charge in [-0.05, 0) is 32.1 Å². The number of ether oxygens (including phenoxy) is 2. The van der Waals surface area contributed by atoms with E-state index in [0.717, 1.165) is 0 Å². The van der Waals surface area contributed by atoms with Crippen LogP contribution in [0.2, 0.25) is 0 Å². The number of aliphatic hydroxyl groups is 2. The fourth-order valence-corrected chi connectivity index (χ4v) is 1.93. The smallest absolute Gasteiger partial charge is 0.153 e. The van der Waals surface area contributed by atoms with Gasteiger partial charge in [-0.15, -0.1) is 0 Å². The van der Waals surface area contributed by atoms with Crippen molar-refractivity contribution in [1.82, 2.24) is 5.32 Å². The third-order valence-corrected chi connectivity index (χ3v) is 3.08. The van der Waals surface area contributed by atoms with Crippen LogP contribution in [0, 0.1) is 0 Å². The lowest BCUT2D eigenvalue weighted by molar-refractivity contribution is 0.0126. The summed E-state index contributed by atoms with van der Waals surface area (Å²) in [5.74, 6) is 0.666. The molecule has 0 heterocycles. The van der Waals surface area contributed by atoms with Crippen LogP contribution in [0.1, 0.15) is 28.4 Å². The molecule has 20 heavy (non-hydrogen) atoms. The van der Waals surface area contributed by atoms with Gasteiger partial charge in [0.15, 0.2) is 6.29 Å². The number of methoxy groups -OCH3 is 2. The zero-order valence-electron chi connectivity index (χ0n) is 11.9. The van der Waals surface area contributed by atoms with E-state index >= 15 is 0 Å². The first-order chi connectivity index (χ1) is 9.58. The number of carbonyl (C=O) groups is 1. The summed E-state index contributed by atoms with van der Waals surface area (Å²) in [7, 11) is 4.64. The van der Waals surface area contributed by atoms with Crippen molar-refractivity contribution >= 4 is 6.29 Å². The second-order valence-corrected chi connectivity index (χ2v) is 4.36. The zero-order chi connectivity index (χ0) is 15.1. The first kappa shape index (κ1) is 16.4. The number of hydrogen-bond donors (Lipinski definition) is 3. The summed E-state index contributed by atoms with van der Waals surface area (Å²) < 4.78 is 10.3. The van der Waals surface area contributed by atoms with Crippen LogP contribution >= 0.6 is 0 Å². The van der Waals surface area contributed by atoms with E-state index in [0.29, 0.717) is 41.9 Å². The molecule has 0 aliphatic carbocycles. The van der Waals surface area contributed by atoms with Gasteiger partial charge >= 0.3 is 0 Å². The average Bonchev–Trinajstić information content (AvgIpc) is 2.50. The number of hydrogen-bond acceptors (Lipinski definition) is 6. The van der Waals surface area contributed by atoms with Crippen LogP contribution in [-0.2, 0) is 0 Å². The Labute approximate surface area is 118 Å². The van der Waals surface area contributed by atoms with Crippen molar-refractivity contribution in [3.8, 4) is 11.5 Å². The molecule has 0 fully saturated rings. The first-order valence-corrected chi connectivity index (χ1v) is 6.30. The summed E-state index contributed by atoms with van der Waals surface area (Å²) in [4.78, 5) is 11.0. The minimum Gasteiger partial charge on any atom is -0.496 e. The Morgan fingerprint density at radius 3 is 2.40 bits per heavy atom. The molecule has 0 radical (unpaired) electrons. The first-order valence-electron chi connectivity index (χ1n) is 6.30. The number of carbonyl (C=O) groups excluding carboxylic acids is 1. The molecule has 6 nitrogen and oxygen atoms in total.